The van der Waals surface area contributed by atoms with E-state index in [9.17, 15) is 0 Å². The van der Waals surface area contributed by atoms with E-state index < -0.39 is 0 Å². The van der Waals surface area contributed by atoms with Crippen molar-refractivity contribution in [2.45, 2.75) is 46.3 Å². The first kappa shape index (κ1) is 13.0. The molecular weight excluding hydrogens is 198 g/mol. The summed E-state index contributed by atoms with van der Waals surface area (Å²) in [7, 11) is 0. The van der Waals surface area contributed by atoms with Crippen molar-refractivity contribution in [1.82, 2.24) is 0 Å². The van der Waals surface area contributed by atoms with Gasteiger partial charge in [0.15, 0.2) is 0 Å². The maximum absolute atomic E-state index is 5.36. The summed E-state index contributed by atoms with van der Waals surface area (Å²) in [4.78, 5) is 0. The van der Waals surface area contributed by atoms with Gasteiger partial charge in [-0.3, -0.25) is 0 Å². The van der Waals surface area contributed by atoms with E-state index in [0.717, 1.165) is 6.61 Å². The molecule has 0 bridgehead atoms. The summed E-state index contributed by atoms with van der Waals surface area (Å²) in [6, 6.07) is 9.04. The maximum atomic E-state index is 5.36. The minimum Gasteiger partial charge on any atom is -0.383 e. The predicted octanol–water partition coefficient (Wildman–Crippen LogP) is 3.82. The lowest BCUT2D eigenvalue weighted by Crippen LogP contribution is -2.14. The van der Waals surface area contributed by atoms with Crippen LogP contribution in [0.25, 0.3) is 0 Å². The van der Waals surface area contributed by atoms with Gasteiger partial charge in [-0.1, -0.05) is 25.5 Å². The van der Waals surface area contributed by atoms with Crippen LogP contribution >= 0.6 is 0 Å². The van der Waals surface area contributed by atoms with E-state index in [1.165, 1.54) is 24.1 Å². The van der Waals surface area contributed by atoms with Crippen LogP contribution in [0.1, 0.15) is 39.2 Å². The van der Waals surface area contributed by atoms with E-state index in [2.05, 4.69) is 43.4 Å². The molecule has 0 spiro atoms. The molecule has 1 rings (SSSR count). The third kappa shape index (κ3) is 4.67. The molecule has 0 aliphatic heterocycles. The second-order valence-electron chi connectivity index (χ2n) is 4.17. The van der Waals surface area contributed by atoms with Crippen LogP contribution in [0.15, 0.2) is 24.3 Å². The number of rotatable bonds is 7. The van der Waals surface area contributed by atoms with Crippen LogP contribution in [0.3, 0.4) is 0 Å². The second kappa shape index (κ2) is 7.29. The first-order chi connectivity index (χ1) is 7.76. The summed E-state index contributed by atoms with van der Waals surface area (Å²) in [5.41, 5.74) is 2.43. The Morgan fingerprint density at radius 3 is 2.44 bits per heavy atom. The third-order valence-electron chi connectivity index (χ3n) is 2.56. The van der Waals surface area contributed by atoms with Gasteiger partial charge in [0, 0.05) is 18.3 Å². The number of benzene rings is 1. The zero-order valence-corrected chi connectivity index (χ0v) is 10.6. The smallest absolute Gasteiger partial charge is 0.0716 e. The van der Waals surface area contributed by atoms with Crippen LogP contribution in [0.5, 0.6) is 0 Å². The molecule has 1 aromatic carbocycles. The summed E-state index contributed by atoms with van der Waals surface area (Å²) in [6.07, 6.45) is 2.43. The zero-order chi connectivity index (χ0) is 11.8. The summed E-state index contributed by atoms with van der Waals surface area (Å²) >= 11 is 0. The number of hydrogen-bond donors (Lipinski definition) is 1. The molecule has 0 heterocycles. The quantitative estimate of drug-likeness (QED) is 0.755. The van der Waals surface area contributed by atoms with E-state index in [-0.39, 0.29) is 0 Å². The highest BCUT2D eigenvalue weighted by Crippen LogP contribution is 2.13. The average molecular weight is 221 g/mol. The molecular formula is C14H23NO. The van der Waals surface area contributed by atoms with Gasteiger partial charge in [-0.15, -0.1) is 0 Å². The monoisotopic (exact) mass is 221 g/mol. The fourth-order valence-electron chi connectivity index (χ4n) is 1.71. The Morgan fingerprint density at radius 1 is 1.19 bits per heavy atom. The van der Waals surface area contributed by atoms with Gasteiger partial charge >= 0.3 is 0 Å². The van der Waals surface area contributed by atoms with Gasteiger partial charge in [0.05, 0.1) is 6.61 Å². The van der Waals surface area contributed by atoms with Crippen molar-refractivity contribution in [2.75, 3.05) is 11.9 Å². The van der Waals surface area contributed by atoms with Gasteiger partial charge in [-0.05, 0) is 38.0 Å². The lowest BCUT2D eigenvalue weighted by atomic mass is 10.1. The molecule has 2 heteroatoms. The van der Waals surface area contributed by atoms with Gasteiger partial charge in [0.1, 0.15) is 0 Å². The maximum Gasteiger partial charge on any atom is 0.0716 e. The molecule has 0 aliphatic carbocycles. The largest absolute Gasteiger partial charge is 0.383 e. The Hall–Kier alpha value is -1.02. The molecule has 0 aliphatic rings. The van der Waals surface area contributed by atoms with Crippen LogP contribution in [0.4, 0.5) is 5.69 Å². The molecule has 1 aromatic rings. The minimum absolute atomic E-state index is 0.544. The van der Waals surface area contributed by atoms with Crippen molar-refractivity contribution < 1.29 is 4.74 Å². The lowest BCUT2D eigenvalue weighted by molar-refractivity contribution is 0.134. The van der Waals surface area contributed by atoms with Crippen LogP contribution in [0, 0.1) is 0 Å². The summed E-state index contributed by atoms with van der Waals surface area (Å²) in [5.74, 6) is 0. The van der Waals surface area contributed by atoms with Gasteiger partial charge < -0.3 is 10.1 Å². The molecule has 1 unspecified atom stereocenters. The third-order valence-corrected chi connectivity index (χ3v) is 2.56. The van der Waals surface area contributed by atoms with E-state index >= 15 is 0 Å². The standard InChI is InChI=1S/C14H23NO/c1-4-6-12(3)15-14-9-7-13(8-10-14)11-16-5-2/h7-10,12,15H,4-6,11H2,1-3H3. The molecule has 2 nitrogen and oxygen atoms in total. The Labute approximate surface area is 99.0 Å². The fourth-order valence-corrected chi connectivity index (χ4v) is 1.71. The molecule has 0 amide bonds. The molecule has 0 fully saturated rings. The molecule has 90 valence electrons. The summed E-state index contributed by atoms with van der Waals surface area (Å²) < 4.78 is 5.36. The Kier molecular flexibility index (Phi) is 5.94. The summed E-state index contributed by atoms with van der Waals surface area (Å²) in [6.45, 7) is 7.93. The van der Waals surface area contributed by atoms with Crippen molar-refractivity contribution in [3.05, 3.63) is 29.8 Å². The van der Waals surface area contributed by atoms with E-state index in [4.69, 9.17) is 4.74 Å². The lowest BCUT2D eigenvalue weighted by Gasteiger charge is -2.14. The molecule has 0 aromatic heterocycles. The molecule has 16 heavy (non-hydrogen) atoms. The average Bonchev–Trinajstić information content (AvgIpc) is 2.28. The van der Waals surface area contributed by atoms with Crippen LogP contribution in [-0.4, -0.2) is 12.6 Å². The Balaban J connectivity index is 2.44. The summed E-state index contributed by atoms with van der Waals surface area (Å²) in [5, 5.41) is 3.49. The van der Waals surface area contributed by atoms with Gasteiger partial charge in [-0.25, -0.2) is 0 Å². The molecule has 0 radical (unpaired) electrons. The van der Waals surface area contributed by atoms with Gasteiger partial charge in [0.2, 0.25) is 0 Å². The van der Waals surface area contributed by atoms with Crippen LogP contribution in [-0.2, 0) is 11.3 Å². The van der Waals surface area contributed by atoms with Crippen molar-refractivity contribution in [2.24, 2.45) is 0 Å². The number of nitrogens with one attached hydrogen (secondary N) is 1. The van der Waals surface area contributed by atoms with Crippen molar-refractivity contribution in [3.8, 4) is 0 Å². The van der Waals surface area contributed by atoms with Crippen molar-refractivity contribution >= 4 is 5.69 Å². The normalized spacial score (nSPS) is 12.4. The van der Waals surface area contributed by atoms with Crippen LogP contribution < -0.4 is 5.32 Å². The van der Waals surface area contributed by atoms with Crippen LogP contribution in [0.2, 0.25) is 0 Å². The van der Waals surface area contributed by atoms with Crippen molar-refractivity contribution in [1.29, 1.82) is 0 Å². The number of anilines is 1. The Bertz CT molecular complexity index is 281. The highest BCUT2D eigenvalue weighted by atomic mass is 16.5. The minimum atomic E-state index is 0.544. The highest BCUT2D eigenvalue weighted by Gasteiger charge is 2.00. The first-order valence-corrected chi connectivity index (χ1v) is 6.19. The zero-order valence-electron chi connectivity index (χ0n) is 10.6. The fraction of sp³-hybridized carbons (Fsp3) is 0.571. The van der Waals surface area contributed by atoms with Gasteiger partial charge in [-0.2, -0.15) is 0 Å². The SMILES string of the molecule is CCCC(C)Nc1ccc(COCC)cc1. The Morgan fingerprint density at radius 2 is 1.88 bits per heavy atom. The van der Waals surface area contributed by atoms with Crippen molar-refractivity contribution in [3.63, 3.8) is 0 Å². The topological polar surface area (TPSA) is 21.3 Å². The van der Waals surface area contributed by atoms with Gasteiger partial charge in [0.25, 0.3) is 0 Å². The number of ether oxygens (including phenoxy) is 1. The molecule has 1 N–H and O–H groups in total. The molecule has 1 atom stereocenters. The van der Waals surface area contributed by atoms with E-state index in [0.29, 0.717) is 12.6 Å². The second-order valence-corrected chi connectivity index (χ2v) is 4.17. The van der Waals surface area contributed by atoms with E-state index in [1.54, 1.807) is 0 Å². The number of hydrogen-bond acceptors (Lipinski definition) is 2. The first-order valence-electron chi connectivity index (χ1n) is 6.19. The highest BCUT2D eigenvalue weighted by molar-refractivity contribution is 5.45. The molecule has 0 saturated heterocycles. The van der Waals surface area contributed by atoms with E-state index in [1.807, 2.05) is 6.92 Å². The molecule has 0 saturated carbocycles. The predicted molar refractivity (Wildman–Crippen MR) is 69.8 cm³/mol.